The number of primary amides is 2. The summed E-state index contributed by atoms with van der Waals surface area (Å²) in [6, 6.07) is 0. The largest absolute Gasteiger partial charge is 0.370 e. The van der Waals surface area contributed by atoms with Crippen LogP contribution in [0.5, 0.6) is 0 Å². The molecule has 0 aliphatic rings. The molecule has 7 heteroatoms. The molecule has 0 saturated heterocycles. The quantitative estimate of drug-likeness (QED) is 0.455. The molecule has 0 aliphatic heterocycles. The van der Waals surface area contributed by atoms with Gasteiger partial charge in [0.05, 0.1) is 6.42 Å². The minimum absolute atomic E-state index is 0.386. The van der Waals surface area contributed by atoms with E-state index in [-0.39, 0.29) is 0 Å². The maximum absolute atomic E-state index is 11.2. The fourth-order valence-corrected chi connectivity index (χ4v) is 1.87. The Morgan fingerprint density at radius 2 is 2.00 bits per heavy atom. The van der Waals surface area contributed by atoms with Gasteiger partial charge >= 0.3 is 0 Å². The van der Waals surface area contributed by atoms with Gasteiger partial charge in [-0.3, -0.25) is 9.59 Å². The first kappa shape index (κ1) is 14.9. The lowest BCUT2D eigenvalue weighted by atomic mass is 9.80. The average Bonchev–Trinajstić information content (AvgIpc) is 2.17. The van der Waals surface area contributed by atoms with E-state index in [4.69, 9.17) is 17.2 Å². The minimum Gasteiger partial charge on any atom is -0.370 e. The van der Waals surface area contributed by atoms with E-state index in [1.807, 2.05) is 6.26 Å². The summed E-state index contributed by atoms with van der Waals surface area (Å²) in [7, 11) is 0. The van der Waals surface area contributed by atoms with Gasteiger partial charge in [-0.2, -0.15) is 11.8 Å². The second-order valence-electron chi connectivity index (χ2n) is 3.57. The van der Waals surface area contributed by atoms with Crippen molar-refractivity contribution in [3.63, 3.8) is 0 Å². The van der Waals surface area contributed by atoms with Crippen molar-refractivity contribution < 1.29 is 14.4 Å². The van der Waals surface area contributed by atoms with E-state index in [0.29, 0.717) is 18.5 Å². The highest BCUT2D eigenvalue weighted by molar-refractivity contribution is 7.98. The maximum Gasteiger partial charge on any atom is 0.238 e. The standard InChI is InChI=1S/C9H17N3O3S/c1-16-3-2-6(5-13)9(12,8(11)15)4-7(10)14/h5-6H,2-4,12H2,1H3,(H2,10,14)(H2,11,15). The molecule has 2 amide bonds. The van der Waals surface area contributed by atoms with Gasteiger partial charge in [-0.05, 0) is 18.4 Å². The van der Waals surface area contributed by atoms with Crippen LogP contribution in [0.4, 0.5) is 0 Å². The monoisotopic (exact) mass is 247 g/mol. The number of aldehydes is 1. The molecule has 0 heterocycles. The van der Waals surface area contributed by atoms with Crippen molar-refractivity contribution in [2.24, 2.45) is 23.1 Å². The van der Waals surface area contributed by atoms with Gasteiger partial charge in [0, 0.05) is 5.92 Å². The Kier molecular flexibility index (Phi) is 6.05. The molecule has 0 fully saturated rings. The van der Waals surface area contributed by atoms with Crippen LogP contribution in [-0.2, 0) is 14.4 Å². The van der Waals surface area contributed by atoms with E-state index in [0.717, 1.165) is 0 Å². The number of nitrogens with two attached hydrogens (primary N) is 3. The average molecular weight is 247 g/mol. The van der Waals surface area contributed by atoms with Crippen molar-refractivity contribution in [2.45, 2.75) is 18.4 Å². The van der Waals surface area contributed by atoms with Crippen LogP contribution in [0, 0.1) is 5.92 Å². The van der Waals surface area contributed by atoms with Crippen molar-refractivity contribution in [3.8, 4) is 0 Å². The zero-order valence-corrected chi connectivity index (χ0v) is 9.96. The number of amides is 2. The predicted molar refractivity (Wildman–Crippen MR) is 62.5 cm³/mol. The third-order valence-electron chi connectivity index (χ3n) is 2.38. The molecule has 0 rings (SSSR count). The highest BCUT2D eigenvalue weighted by Gasteiger charge is 2.41. The normalized spacial score (nSPS) is 16.1. The molecule has 2 atom stereocenters. The van der Waals surface area contributed by atoms with E-state index in [1.165, 1.54) is 11.8 Å². The van der Waals surface area contributed by atoms with Crippen LogP contribution in [-0.4, -0.2) is 35.6 Å². The molecule has 0 bridgehead atoms. The van der Waals surface area contributed by atoms with Crippen LogP contribution in [0.3, 0.4) is 0 Å². The van der Waals surface area contributed by atoms with Gasteiger partial charge in [-0.25, -0.2) is 0 Å². The topological polar surface area (TPSA) is 129 Å². The van der Waals surface area contributed by atoms with Gasteiger partial charge in [-0.1, -0.05) is 0 Å². The van der Waals surface area contributed by atoms with Gasteiger partial charge in [0.2, 0.25) is 11.8 Å². The summed E-state index contributed by atoms with van der Waals surface area (Å²) in [4.78, 5) is 33.0. The van der Waals surface area contributed by atoms with Crippen LogP contribution >= 0.6 is 11.8 Å². The lowest BCUT2D eigenvalue weighted by Gasteiger charge is -2.30. The van der Waals surface area contributed by atoms with E-state index >= 15 is 0 Å². The molecule has 0 radical (unpaired) electrons. The van der Waals surface area contributed by atoms with Crippen molar-refractivity contribution in [3.05, 3.63) is 0 Å². The molecule has 6 N–H and O–H groups in total. The van der Waals surface area contributed by atoms with Gasteiger partial charge in [0.1, 0.15) is 11.8 Å². The number of carbonyl (C=O) groups excluding carboxylic acids is 3. The third-order valence-corrected chi connectivity index (χ3v) is 3.03. The molecule has 0 spiro atoms. The first-order valence-electron chi connectivity index (χ1n) is 4.69. The Morgan fingerprint density at radius 3 is 2.31 bits per heavy atom. The van der Waals surface area contributed by atoms with Gasteiger partial charge in [-0.15, -0.1) is 0 Å². The summed E-state index contributed by atoms with van der Waals surface area (Å²) >= 11 is 1.51. The van der Waals surface area contributed by atoms with Crippen LogP contribution in [0.2, 0.25) is 0 Å². The molecule has 16 heavy (non-hydrogen) atoms. The van der Waals surface area contributed by atoms with E-state index in [9.17, 15) is 14.4 Å². The summed E-state index contributed by atoms with van der Waals surface area (Å²) < 4.78 is 0. The Balaban J connectivity index is 4.90. The van der Waals surface area contributed by atoms with E-state index in [1.54, 1.807) is 0 Å². The van der Waals surface area contributed by atoms with E-state index in [2.05, 4.69) is 0 Å². The molecule has 2 unspecified atom stereocenters. The zero-order chi connectivity index (χ0) is 12.8. The number of carbonyl (C=O) groups is 3. The second kappa shape index (κ2) is 6.49. The lowest BCUT2D eigenvalue weighted by Crippen LogP contribution is -2.59. The lowest BCUT2D eigenvalue weighted by molar-refractivity contribution is -0.132. The third kappa shape index (κ3) is 3.82. The highest BCUT2D eigenvalue weighted by atomic mass is 32.2. The Bertz CT molecular complexity index is 285. The number of hydrogen-bond acceptors (Lipinski definition) is 5. The van der Waals surface area contributed by atoms with E-state index < -0.39 is 29.7 Å². The van der Waals surface area contributed by atoms with Gasteiger partial charge < -0.3 is 22.0 Å². The molecule has 0 aromatic heterocycles. The molecule has 0 aliphatic carbocycles. The number of hydrogen-bond donors (Lipinski definition) is 3. The summed E-state index contributed by atoms with van der Waals surface area (Å²) in [6.45, 7) is 0. The molecular weight excluding hydrogens is 230 g/mol. The summed E-state index contributed by atoms with van der Waals surface area (Å²) in [6.07, 6.45) is 2.39. The maximum atomic E-state index is 11.2. The fraction of sp³-hybridized carbons (Fsp3) is 0.667. The zero-order valence-electron chi connectivity index (χ0n) is 9.14. The van der Waals surface area contributed by atoms with Crippen LogP contribution in [0.1, 0.15) is 12.8 Å². The molecule has 0 aromatic rings. The van der Waals surface area contributed by atoms with Crippen LogP contribution in [0.15, 0.2) is 0 Å². The molecule has 0 saturated carbocycles. The first-order valence-corrected chi connectivity index (χ1v) is 6.09. The summed E-state index contributed by atoms with van der Waals surface area (Å²) in [5, 5.41) is 0. The smallest absolute Gasteiger partial charge is 0.238 e. The predicted octanol–water partition coefficient (Wildman–Crippen LogP) is -1.39. The Hall–Kier alpha value is -1.08. The van der Waals surface area contributed by atoms with Crippen LogP contribution in [0.25, 0.3) is 0 Å². The van der Waals surface area contributed by atoms with Crippen LogP contribution < -0.4 is 17.2 Å². The van der Waals surface area contributed by atoms with Crippen molar-refractivity contribution in [1.29, 1.82) is 0 Å². The summed E-state index contributed by atoms with van der Waals surface area (Å²) in [5.41, 5.74) is 14.2. The van der Waals surface area contributed by atoms with Crippen molar-refractivity contribution in [1.82, 2.24) is 0 Å². The Labute approximate surface area is 98.3 Å². The Morgan fingerprint density at radius 1 is 1.44 bits per heavy atom. The van der Waals surface area contributed by atoms with Crippen molar-refractivity contribution >= 4 is 29.9 Å². The highest BCUT2D eigenvalue weighted by Crippen LogP contribution is 2.21. The van der Waals surface area contributed by atoms with Crippen molar-refractivity contribution in [2.75, 3.05) is 12.0 Å². The van der Waals surface area contributed by atoms with Gasteiger partial charge in [0.25, 0.3) is 0 Å². The second-order valence-corrected chi connectivity index (χ2v) is 4.56. The number of rotatable bonds is 8. The first-order chi connectivity index (χ1) is 7.38. The SMILES string of the molecule is CSCCC(C=O)C(N)(CC(N)=O)C(N)=O. The number of thioether (sulfide) groups is 1. The fourth-order valence-electron chi connectivity index (χ4n) is 1.38. The summed E-state index contributed by atoms with van der Waals surface area (Å²) in [5.74, 6) is -1.78. The molecular formula is C9H17N3O3S. The minimum atomic E-state index is -1.68. The van der Waals surface area contributed by atoms with Gasteiger partial charge in [0.15, 0.2) is 0 Å². The molecule has 92 valence electrons. The molecule has 0 aromatic carbocycles. The molecule has 6 nitrogen and oxygen atoms in total.